The molecule has 1 aromatic heterocycles. The van der Waals surface area contributed by atoms with Gasteiger partial charge in [0.2, 0.25) is 5.88 Å². The minimum absolute atomic E-state index is 0.265. The van der Waals surface area contributed by atoms with Gasteiger partial charge in [-0.15, -0.1) is 0 Å². The van der Waals surface area contributed by atoms with Gasteiger partial charge < -0.3 is 15.0 Å². The lowest BCUT2D eigenvalue weighted by Crippen LogP contribution is -2.47. The van der Waals surface area contributed by atoms with Gasteiger partial charge in [0.15, 0.2) is 0 Å². The third kappa shape index (κ3) is 2.65. The number of nitrogens with one attached hydrogen (secondary N) is 1. The molecule has 1 saturated heterocycles. The van der Waals surface area contributed by atoms with Crippen molar-refractivity contribution in [1.29, 1.82) is 0 Å². The average molecular weight is 248 g/mol. The Morgan fingerprint density at radius 1 is 1.50 bits per heavy atom. The van der Waals surface area contributed by atoms with E-state index in [9.17, 15) is 4.79 Å². The van der Waals surface area contributed by atoms with Crippen LogP contribution in [0, 0.1) is 6.92 Å². The summed E-state index contributed by atoms with van der Waals surface area (Å²) in [6, 6.07) is 0. The molecule has 1 aromatic rings. The van der Waals surface area contributed by atoms with Crippen LogP contribution < -0.4 is 10.1 Å². The standard InChI is InChI=1S/C12H16N4O2/c1-3-10-9(2)14-8-15-11(10)18-12(17)16-6-4-13-5-7-16/h3,8,13H,1,4-7H2,2H3. The Labute approximate surface area is 106 Å². The van der Waals surface area contributed by atoms with E-state index in [1.54, 1.807) is 11.0 Å². The zero-order valence-corrected chi connectivity index (χ0v) is 10.3. The molecular formula is C12H16N4O2. The molecule has 2 rings (SSSR count). The Hall–Kier alpha value is -1.95. The van der Waals surface area contributed by atoms with Crippen LogP contribution in [0.5, 0.6) is 5.88 Å². The van der Waals surface area contributed by atoms with Crippen molar-refractivity contribution in [3.8, 4) is 5.88 Å². The summed E-state index contributed by atoms with van der Waals surface area (Å²) < 4.78 is 5.29. The molecule has 0 radical (unpaired) electrons. The van der Waals surface area contributed by atoms with Gasteiger partial charge in [0.25, 0.3) is 0 Å². The van der Waals surface area contributed by atoms with Crippen LogP contribution in [0.1, 0.15) is 11.3 Å². The second kappa shape index (κ2) is 5.59. The van der Waals surface area contributed by atoms with Crippen molar-refractivity contribution in [2.75, 3.05) is 26.2 Å². The Bertz CT molecular complexity index is 455. The molecule has 0 aliphatic carbocycles. The number of carbonyl (C=O) groups excluding carboxylic acids is 1. The maximum absolute atomic E-state index is 11.9. The van der Waals surface area contributed by atoms with Crippen LogP contribution in [-0.4, -0.2) is 47.1 Å². The summed E-state index contributed by atoms with van der Waals surface area (Å²) in [6.45, 7) is 8.36. The zero-order valence-electron chi connectivity index (χ0n) is 10.3. The van der Waals surface area contributed by atoms with E-state index in [2.05, 4.69) is 21.9 Å². The average Bonchev–Trinajstić information content (AvgIpc) is 2.40. The predicted molar refractivity (Wildman–Crippen MR) is 67.3 cm³/mol. The summed E-state index contributed by atoms with van der Waals surface area (Å²) in [4.78, 5) is 21.6. The summed E-state index contributed by atoms with van der Waals surface area (Å²) >= 11 is 0. The maximum atomic E-state index is 11.9. The first kappa shape index (κ1) is 12.5. The lowest BCUT2D eigenvalue weighted by Gasteiger charge is -2.26. The van der Waals surface area contributed by atoms with Gasteiger partial charge in [-0.25, -0.2) is 14.8 Å². The van der Waals surface area contributed by atoms with E-state index >= 15 is 0 Å². The topological polar surface area (TPSA) is 67.4 Å². The van der Waals surface area contributed by atoms with Crippen LogP contribution in [0.2, 0.25) is 0 Å². The van der Waals surface area contributed by atoms with Crippen molar-refractivity contribution in [3.05, 3.63) is 24.2 Å². The summed E-state index contributed by atoms with van der Waals surface area (Å²) in [5, 5.41) is 3.17. The first-order chi connectivity index (χ1) is 8.72. The fourth-order valence-electron chi connectivity index (χ4n) is 1.77. The summed E-state index contributed by atoms with van der Waals surface area (Å²) in [6.07, 6.45) is 2.59. The number of rotatable bonds is 2. The number of ether oxygens (including phenoxy) is 1. The van der Waals surface area contributed by atoms with Crippen molar-refractivity contribution in [2.45, 2.75) is 6.92 Å². The molecule has 1 fully saturated rings. The first-order valence-corrected chi connectivity index (χ1v) is 5.84. The molecule has 18 heavy (non-hydrogen) atoms. The van der Waals surface area contributed by atoms with Gasteiger partial charge in [-0.05, 0) is 6.92 Å². The van der Waals surface area contributed by atoms with Crippen LogP contribution in [-0.2, 0) is 0 Å². The Morgan fingerprint density at radius 2 is 2.22 bits per heavy atom. The van der Waals surface area contributed by atoms with Crippen LogP contribution in [0.4, 0.5) is 4.79 Å². The Kier molecular flexibility index (Phi) is 3.88. The number of aromatic nitrogens is 2. The fraction of sp³-hybridized carbons (Fsp3) is 0.417. The van der Waals surface area contributed by atoms with Gasteiger partial charge in [0.05, 0.1) is 11.3 Å². The largest absolute Gasteiger partial charge is 0.416 e. The highest BCUT2D eigenvalue weighted by atomic mass is 16.6. The molecular weight excluding hydrogens is 232 g/mol. The second-order valence-electron chi connectivity index (χ2n) is 3.99. The lowest BCUT2D eigenvalue weighted by molar-refractivity contribution is 0.144. The normalized spacial score (nSPS) is 15.3. The highest BCUT2D eigenvalue weighted by molar-refractivity contribution is 5.72. The number of hydrogen-bond donors (Lipinski definition) is 1. The van der Waals surface area contributed by atoms with Crippen LogP contribution in [0.25, 0.3) is 6.08 Å². The molecule has 2 heterocycles. The van der Waals surface area contributed by atoms with Gasteiger partial charge in [0.1, 0.15) is 6.33 Å². The van der Waals surface area contributed by atoms with Crippen LogP contribution in [0.15, 0.2) is 12.9 Å². The quantitative estimate of drug-likeness (QED) is 0.839. The molecule has 1 amide bonds. The molecule has 0 saturated carbocycles. The summed E-state index contributed by atoms with van der Waals surface area (Å²) in [5.74, 6) is 0.265. The molecule has 6 nitrogen and oxygen atoms in total. The van der Waals surface area contributed by atoms with E-state index in [0.717, 1.165) is 18.8 Å². The van der Waals surface area contributed by atoms with Crippen molar-refractivity contribution in [2.24, 2.45) is 0 Å². The second-order valence-corrected chi connectivity index (χ2v) is 3.99. The molecule has 0 unspecified atom stereocenters. The molecule has 1 aliphatic rings. The third-order valence-electron chi connectivity index (χ3n) is 2.81. The smallest absolute Gasteiger partial charge is 0.390 e. The molecule has 6 heteroatoms. The molecule has 0 aromatic carbocycles. The number of piperazine rings is 1. The predicted octanol–water partition coefficient (Wildman–Crippen LogP) is 0.832. The number of nitrogens with zero attached hydrogens (tertiary/aromatic N) is 3. The molecule has 96 valence electrons. The molecule has 0 bridgehead atoms. The minimum atomic E-state index is -0.377. The van der Waals surface area contributed by atoms with E-state index in [4.69, 9.17) is 4.74 Å². The molecule has 1 aliphatic heterocycles. The Balaban J connectivity index is 2.11. The zero-order chi connectivity index (χ0) is 13.0. The maximum Gasteiger partial charge on any atom is 0.416 e. The molecule has 0 spiro atoms. The van der Waals surface area contributed by atoms with Crippen molar-refractivity contribution < 1.29 is 9.53 Å². The molecule has 0 atom stereocenters. The van der Waals surface area contributed by atoms with Crippen LogP contribution in [0.3, 0.4) is 0 Å². The SMILES string of the molecule is C=Cc1c(C)ncnc1OC(=O)N1CCNCC1. The highest BCUT2D eigenvalue weighted by Crippen LogP contribution is 2.19. The van der Waals surface area contributed by atoms with E-state index in [1.165, 1.54) is 6.33 Å². The van der Waals surface area contributed by atoms with Gasteiger partial charge in [-0.1, -0.05) is 12.7 Å². The first-order valence-electron chi connectivity index (χ1n) is 5.84. The highest BCUT2D eigenvalue weighted by Gasteiger charge is 2.20. The van der Waals surface area contributed by atoms with Crippen molar-refractivity contribution >= 4 is 12.2 Å². The van der Waals surface area contributed by atoms with E-state index in [1.807, 2.05) is 6.92 Å². The van der Waals surface area contributed by atoms with Gasteiger partial charge >= 0.3 is 6.09 Å². The van der Waals surface area contributed by atoms with E-state index in [0.29, 0.717) is 18.7 Å². The summed E-state index contributed by atoms with van der Waals surface area (Å²) in [5.41, 5.74) is 1.39. The number of amides is 1. The van der Waals surface area contributed by atoms with E-state index < -0.39 is 0 Å². The number of carbonyl (C=O) groups is 1. The third-order valence-corrected chi connectivity index (χ3v) is 2.81. The van der Waals surface area contributed by atoms with Crippen LogP contribution >= 0.6 is 0 Å². The summed E-state index contributed by atoms with van der Waals surface area (Å²) in [7, 11) is 0. The van der Waals surface area contributed by atoms with Crippen molar-refractivity contribution in [3.63, 3.8) is 0 Å². The lowest BCUT2D eigenvalue weighted by atomic mass is 10.2. The minimum Gasteiger partial charge on any atom is -0.390 e. The number of hydrogen-bond acceptors (Lipinski definition) is 5. The number of aryl methyl sites for hydroxylation is 1. The van der Waals surface area contributed by atoms with E-state index in [-0.39, 0.29) is 12.0 Å². The fourth-order valence-corrected chi connectivity index (χ4v) is 1.77. The van der Waals surface area contributed by atoms with Crippen molar-refractivity contribution in [1.82, 2.24) is 20.2 Å². The Morgan fingerprint density at radius 3 is 2.89 bits per heavy atom. The monoisotopic (exact) mass is 248 g/mol. The van der Waals surface area contributed by atoms with Gasteiger partial charge in [-0.3, -0.25) is 0 Å². The molecule has 1 N–H and O–H groups in total. The van der Waals surface area contributed by atoms with Gasteiger partial charge in [-0.2, -0.15) is 0 Å². The van der Waals surface area contributed by atoms with Gasteiger partial charge in [0, 0.05) is 26.2 Å².